The second kappa shape index (κ2) is 11.7. The van der Waals surface area contributed by atoms with Crippen LogP contribution >= 0.6 is 0 Å². The topological polar surface area (TPSA) is 164 Å². The van der Waals surface area contributed by atoms with Gasteiger partial charge in [-0.25, -0.2) is 28.3 Å². The molecule has 0 atom stereocenters. The van der Waals surface area contributed by atoms with E-state index in [1.54, 1.807) is 38.1 Å². The summed E-state index contributed by atoms with van der Waals surface area (Å²) in [7, 11) is 0. The van der Waals surface area contributed by atoms with Gasteiger partial charge in [0, 0.05) is 47.0 Å². The van der Waals surface area contributed by atoms with Gasteiger partial charge in [-0.1, -0.05) is 0 Å². The largest absolute Gasteiger partial charge is 0.385 e. The number of rotatable bonds is 6. The number of hydrogen-bond acceptors (Lipinski definition) is 9. The number of halogens is 2. The lowest BCUT2D eigenvalue weighted by atomic mass is 9.97. The first-order valence-corrected chi connectivity index (χ1v) is 16.4. The number of pyridine rings is 6. The second-order valence-electron chi connectivity index (χ2n) is 13.2. The Bertz CT molecular complexity index is 2430. The molecule has 0 unspecified atom stereocenters. The van der Waals surface area contributed by atoms with Crippen LogP contribution in [0.4, 0.5) is 20.4 Å². The average Bonchev–Trinajstić information content (AvgIpc) is 4.02. The molecule has 6 heterocycles. The molecule has 2 aliphatic carbocycles. The Morgan fingerprint density at radius 1 is 0.706 bits per heavy atom. The molecule has 6 aromatic rings. The van der Waals surface area contributed by atoms with E-state index in [1.807, 2.05) is 0 Å². The van der Waals surface area contributed by atoms with Gasteiger partial charge in [0.1, 0.15) is 34.4 Å². The summed E-state index contributed by atoms with van der Waals surface area (Å²) in [6.07, 6.45) is 8.01. The maximum atomic E-state index is 15.7. The van der Waals surface area contributed by atoms with Crippen molar-refractivity contribution in [3.8, 4) is 22.3 Å². The summed E-state index contributed by atoms with van der Waals surface area (Å²) in [5.74, 6) is -3.54. The predicted molar refractivity (Wildman–Crippen MR) is 186 cm³/mol. The third-order valence-electron chi connectivity index (χ3n) is 9.76. The number of aromatic nitrogens is 4. The average molecular weight is 689 g/mol. The van der Waals surface area contributed by atoms with Crippen molar-refractivity contribution in [1.82, 2.24) is 18.8 Å². The zero-order valence-electron chi connectivity index (χ0n) is 27.5. The van der Waals surface area contributed by atoms with Crippen molar-refractivity contribution >= 4 is 34.6 Å². The summed E-state index contributed by atoms with van der Waals surface area (Å²) < 4.78 is 38.7. The van der Waals surface area contributed by atoms with E-state index < -0.39 is 45.8 Å². The van der Waals surface area contributed by atoms with Crippen LogP contribution in [0.15, 0.2) is 70.8 Å². The third-order valence-corrected chi connectivity index (χ3v) is 9.76. The van der Waals surface area contributed by atoms with Gasteiger partial charge < -0.3 is 16.2 Å². The SMILES string of the molecule is Cc1c(-c2ccc(N)nc2)c(F)cn2c(=O)c(C(=O)OC(=O)c3cc(C4CC4)c4c(C)c(-c5ccc(N)nc5)c(F)cn4c3=O)cc(C3CC3)c12. The molecule has 4 N–H and O–H groups in total. The summed E-state index contributed by atoms with van der Waals surface area (Å²) >= 11 is 0. The molecule has 0 bridgehead atoms. The van der Waals surface area contributed by atoms with Crippen molar-refractivity contribution in [2.75, 3.05) is 11.5 Å². The Morgan fingerprint density at radius 2 is 1.10 bits per heavy atom. The Hall–Kier alpha value is -6.24. The van der Waals surface area contributed by atoms with Gasteiger partial charge in [-0.05, 0) is 110 Å². The van der Waals surface area contributed by atoms with Gasteiger partial charge in [0.2, 0.25) is 0 Å². The van der Waals surface area contributed by atoms with Gasteiger partial charge in [-0.15, -0.1) is 0 Å². The number of anilines is 2. The van der Waals surface area contributed by atoms with E-state index in [9.17, 15) is 19.2 Å². The molecule has 0 saturated heterocycles. The molecule has 0 spiro atoms. The molecule has 6 aromatic heterocycles. The summed E-state index contributed by atoms with van der Waals surface area (Å²) in [4.78, 5) is 62.8. The number of ether oxygens (including phenoxy) is 1. The Labute approximate surface area is 288 Å². The van der Waals surface area contributed by atoms with Gasteiger partial charge in [-0.3, -0.25) is 18.4 Å². The van der Waals surface area contributed by atoms with Crippen LogP contribution in [-0.4, -0.2) is 30.7 Å². The molecule has 13 heteroatoms. The predicted octanol–water partition coefficient (Wildman–Crippen LogP) is 5.85. The normalized spacial score (nSPS) is 14.3. The highest BCUT2D eigenvalue weighted by molar-refractivity contribution is 6.03. The van der Waals surface area contributed by atoms with Crippen LogP contribution in [0.25, 0.3) is 33.3 Å². The highest BCUT2D eigenvalue weighted by atomic mass is 19.1. The zero-order valence-corrected chi connectivity index (χ0v) is 27.5. The molecule has 2 saturated carbocycles. The van der Waals surface area contributed by atoms with Crippen LogP contribution in [-0.2, 0) is 4.74 Å². The second-order valence-corrected chi connectivity index (χ2v) is 13.2. The highest BCUT2D eigenvalue weighted by Gasteiger charge is 2.33. The molecule has 11 nitrogen and oxygen atoms in total. The monoisotopic (exact) mass is 688 g/mol. The Morgan fingerprint density at radius 3 is 1.43 bits per heavy atom. The molecule has 256 valence electrons. The minimum atomic E-state index is -1.29. The lowest BCUT2D eigenvalue weighted by Gasteiger charge is -2.17. The third kappa shape index (κ3) is 5.32. The smallest absolute Gasteiger partial charge is 0.351 e. The van der Waals surface area contributed by atoms with Crippen molar-refractivity contribution in [2.45, 2.75) is 51.4 Å². The standard InChI is InChI=1S/C38H30F2N6O5/c1-17-31(21-7-9-29(41)43-13-21)27(39)15-45-33(17)23(19-3-4-19)11-25(35(45)47)37(49)51-38(50)26-12-24(20-5-6-20)34-18(2)32(22-8-10-30(42)44-14-22)28(40)16-46(34)36(26)48/h7-16,19-20H,3-6H2,1-2H3,(H2,41,43)(H2,42,44). The van der Waals surface area contributed by atoms with E-state index in [0.717, 1.165) is 46.9 Å². The van der Waals surface area contributed by atoms with Gasteiger partial charge in [0.05, 0.1) is 11.0 Å². The number of hydrogen-bond donors (Lipinski definition) is 2. The molecule has 8 rings (SSSR count). The van der Waals surface area contributed by atoms with Crippen LogP contribution in [0.1, 0.15) is 80.5 Å². The summed E-state index contributed by atoms with van der Waals surface area (Å²) in [6, 6.07) is 9.13. The van der Waals surface area contributed by atoms with E-state index in [1.165, 1.54) is 24.5 Å². The quantitative estimate of drug-likeness (QED) is 0.161. The first kappa shape index (κ1) is 32.0. The first-order valence-electron chi connectivity index (χ1n) is 16.4. The van der Waals surface area contributed by atoms with Crippen molar-refractivity contribution in [3.05, 3.63) is 127 Å². The fourth-order valence-electron chi connectivity index (χ4n) is 7.02. The molecule has 2 aliphatic rings. The number of fused-ring (bicyclic) bond motifs is 2. The van der Waals surface area contributed by atoms with Crippen molar-refractivity contribution in [1.29, 1.82) is 0 Å². The van der Waals surface area contributed by atoms with Gasteiger partial charge in [-0.2, -0.15) is 0 Å². The molecule has 0 amide bonds. The molecule has 0 aliphatic heterocycles. The zero-order chi connectivity index (χ0) is 35.9. The Kier molecular flexibility index (Phi) is 7.33. The number of aryl methyl sites for hydroxylation is 2. The van der Waals surface area contributed by atoms with E-state index in [-0.39, 0.29) is 34.6 Å². The van der Waals surface area contributed by atoms with Crippen LogP contribution in [0.5, 0.6) is 0 Å². The molecular weight excluding hydrogens is 658 g/mol. The van der Waals surface area contributed by atoms with E-state index in [4.69, 9.17) is 16.2 Å². The van der Waals surface area contributed by atoms with Crippen LogP contribution in [0.2, 0.25) is 0 Å². The van der Waals surface area contributed by atoms with Crippen molar-refractivity contribution in [3.63, 3.8) is 0 Å². The number of carbonyl (C=O) groups excluding carboxylic acids is 2. The number of carbonyl (C=O) groups is 2. The fourth-order valence-corrected chi connectivity index (χ4v) is 7.02. The van der Waals surface area contributed by atoms with E-state index in [2.05, 4.69) is 9.97 Å². The van der Waals surface area contributed by atoms with Gasteiger partial charge in [0.15, 0.2) is 0 Å². The summed E-state index contributed by atoms with van der Waals surface area (Å²) in [6.45, 7) is 3.36. The highest BCUT2D eigenvalue weighted by Crippen LogP contribution is 2.45. The van der Waals surface area contributed by atoms with Crippen LogP contribution in [0.3, 0.4) is 0 Å². The van der Waals surface area contributed by atoms with Gasteiger partial charge in [0.25, 0.3) is 11.1 Å². The lowest BCUT2D eigenvalue weighted by molar-refractivity contribution is 0.0395. The number of nitrogen functional groups attached to an aromatic ring is 2. The number of esters is 2. The minimum absolute atomic E-state index is 0.0114. The van der Waals surface area contributed by atoms with Crippen molar-refractivity contribution in [2.24, 2.45) is 0 Å². The van der Waals surface area contributed by atoms with E-state index in [0.29, 0.717) is 44.4 Å². The van der Waals surface area contributed by atoms with Crippen molar-refractivity contribution < 1.29 is 23.1 Å². The van der Waals surface area contributed by atoms with Crippen LogP contribution < -0.4 is 22.6 Å². The summed E-state index contributed by atoms with van der Waals surface area (Å²) in [5.41, 5.74) is 13.1. The fraction of sp³-hybridized carbons (Fsp3) is 0.211. The number of nitrogens with zero attached hydrogens (tertiary/aromatic N) is 4. The summed E-state index contributed by atoms with van der Waals surface area (Å²) in [5, 5.41) is 0. The molecule has 2 fully saturated rings. The molecule has 0 aromatic carbocycles. The minimum Gasteiger partial charge on any atom is -0.385 e. The van der Waals surface area contributed by atoms with Gasteiger partial charge >= 0.3 is 11.9 Å². The molecular formula is C38H30F2N6O5. The van der Waals surface area contributed by atoms with Crippen LogP contribution in [0, 0.1) is 25.5 Å². The van der Waals surface area contributed by atoms with E-state index >= 15 is 8.78 Å². The molecule has 0 radical (unpaired) electrons. The number of nitrogens with two attached hydrogens (primary N) is 2. The molecule has 51 heavy (non-hydrogen) atoms. The first-order chi connectivity index (χ1) is 24.4. The Balaban J connectivity index is 1.20. The lowest BCUT2D eigenvalue weighted by Crippen LogP contribution is -2.30. The maximum Gasteiger partial charge on any atom is 0.351 e. The maximum absolute atomic E-state index is 15.7.